The van der Waals surface area contributed by atoms with Crippen molar-refractivity contribution in [1.82, 2.24) is 4.90 Å². The molecular weight excluding hydrogens is 375 g/mol. The Balaban J connectivity index is 2.21. The summed E-state index contributed by atoms with van der Waals surface area (Å²) in [5.74, 6) is -0.465. The van der Waals surface area contributed by atoms with Gasteiger partial charge in [-0.1, -0.05) is 53.5 Å². The summed E-state index contributed by atoms with van der Waals surface area (Å²) >= 11 is 11.9. The van der Waals surface area contributed by atoms with Gasteiger partial charge in [0.1, 0.15) is 6.04 Å². The van der Waals surface area contributed by atoms with Crippen LogP contribution in [-0.2, 0) is 16.1 Å². The Morgan fingerprint density at radius 2 is 1.81 bits per heavy atom. The number of carbonyl (C=O) groups is 2. The third-order valence-electron chi connectivity index (χ3n) is 3.72. The average Bonchev–Trinajstić information content (AvgIpc) is 2.63. The highest BCUT2D eigenvalue weighted by Gasteiger charge is 2.27. The van der Waals surface area contributed by atoms with Crippen LogP contribution in [0.15, 0.2) is 48.5 Å². The molecule has 7 heteroatoms. The van der Waals surface area contributed by atoms with Crippen molar-refractivity contribution in [1.29, 1.82) is 0 Å². The number of rotatable bonds is 6. The van der Waals surface area contributed by atoms with E-state index in [1.165, 1.54) is 4.90 Å². The Morgan fingerprint density at radius 3 is 2.42 bits per heavy atom. The smallest absolute Gasteiger partial charge is 0.328 e. The van der Waals surface area contributed by atoms with E-state index in [4.69, 9.17) is 27.9 Å². The number of amides is 2. The van der Waals surface area contributed by atoms with Gasteiger partial charge in [-0.25, -0.2) is 9.59 Å². The molecule has 2 amide bonds. The second-order valence-electron chi connectivity index (χ2n) is 5.60. The van der Waals surface area contributed by atoms with Gasteiger partial charge in [0.05, 0.1) is 16.7 Å². The van der Waals surface area contributed by atoms with Crippen molar-refractivity contribution in [2.45, 2.75) is 26.4 Å². The van der Waals surface area contributed by atoms with E-state index in [2.05, 4.69) is 5.32 Å². The Kier molecular flexibility index (Phi) is 7.30. The van der Waals surface area contributed by atoms with Crippen molar-refractivity contribution in [3.8, 4) is 0 Å². The predicted octanol–water partition coefficient (Wildman–Crippen LogP) is 4.98. The van der Waals surface area contributed by atoms with E-state index in [0.717, 1.165) is 5.56 Å². The summed E-state index contributed by atoms with van der Waals surface area (Å²) in [4.78, 5) is 26.4. The Morgan fingerprint density at radius 1 is 1.12 bits per heavy atom. The number of nitrogens with zero attached hydrogens (tertiary/aromatic N) is 1. The van der Waals surface area contributed by atoms with Crippen molar-refractivity contribution in [3.05, 3.63) is 64.1 Å². The molecule has 26 heavy (non-hydrogen) atoms. The maximum Gasteiger partial charge on any atom is 0.328 e. The second-order valence-corrected chi connectivity index (χ2v) is 6.41. The molecule has 0 heterocycles. The molecule has 0 saturated carbocycles. The first-order chi connectivity index (χ1) is 12.4. The zero-order chi connectivity index (χ0) is 19.1. The lowest BCUT2D eigenvalue weighted by atomic mass is 10.2. The van der Waals surface area contributed by atoms with Gasteiger partial charge in [0, 0.05) is 12.2 Å². The van der Waals surface area contributed by atoms with Crippen LogP contribution in [0.1, 0.15) is 19.4 Å². The number of hydrogen-bond donors (Lipinski definition) is 1. The molecular formula is C19H20Cl2N2O3. The van der Waals surface area contributed by atoms with E-state index < -0.39 is 18.0 Å². The van der Waals surface area contributed by atoms with Crippen molar-refractivity contribution in [3.63, 3.8) is 0 Å². The Hall–Kier alpha value is -2.24. The molecule has 1 unspecified atom stereocenters. The van der Waals surface area contributed by atoms with E-state index in [0.29, 0.717) is 15.7 Å². The lowest BCUT2D eigenvalue weighted by molar-refractivity contribution is -0.147. The Labute approximate surface area is 162 Å². The highest BCUT2D eigenvalue weighted by atomic mass is 35.5. The molecule has 2 aromatic rings. The summed E-state index contributed by atoms with van der Waals surface area (Å²) in [6.45, 7) is 3.86. The quantitative estimate of drug-likeness (QED) is 0.702. The SMILES string of the molecule is CCOC(=O)C(C)N(Cc1ccccc1)C(=O)Nc1ccc(Cl)c(Cl)c1. The lowest BCUT2D eigenvalue weighted by Gasteiger charge is -2.28. The third kappa shape index (κ3) is 5.38. The van der Waals surface area contributed by atoms with Gasteiger partial charge in [-0.15, -0.1) is 0 Å². The van der Waals surface area contributed by atoms with Crippen LogP contribution in [0.3, 0.4) is 0 Å². The van der Waals surface area contributed by atoms with Gasteiger partial charge in [0.25, 0.3) is 0 Å². The van der Waals surface area contributed by atoms with Gasteiger partial charge in [-0.2, -0.15) is 0 Å². The summed E-state index contributed by atoms with van der Waals surface area (Å²) in [5.41, 5.74) is 1.38. The topological polar surface area (TPSA) is 58.6 Å². The van der Waals surface area contributed by atoms with Crippen molar-refractivity contribution < 1.29 is 14.3 Å². The summed E-state index contributed by atoms with van der Waals surface area (Å²) < 4.78 is 5.06. The number of nitrogens with one attached hydrogen (secondary N) is 1. The summed E-state index contributed by atoms with van der Waals surface area (Å²) in [7, 11) is 0. The highest BCUT2D eigenvalue weighted by Crippen LogP contribution is 2.25. The van der Waals surface area contributed by atoms with Crippen LogP contribution in [-0.4, -0.2) is 29.5 Å². The molecule has 0 radical (unpaired) electrons. The molecule has 1 atom stereocenters. The van der Waals surface area contributed by atoms with Crippen molar-refractivity contribution in [2.24, 2.45) is 0 Å². The molecule has 0 aromatic heterocycles. The monoisotopic (exact) mass is 394 g/mol. The number of urea groups is 1. The maximum atomic E-state index is 12.8. The standard InChI is InChI=1S/C19H20Cl2N2O3/c1-3-26-18(24)13(2)23(12-14-7-5-4-6-8-14)19(25)22-15-9-10-16(20)17(21)11-15/h4-11,13H,3,12H2,1-2H3,(H,22,25). The fourth-order valence-electron chi connectivity index (χ4n) is 2.32. The largest absolute Gasteiger partial charge is 0.464 e. The van der Waals surface area contributed by atoms with Crippen LogP contribution < -0.4 is 5.32 Å². The number of halogens is 2. The van der Waals surface area contributed by atoms with Gasteiger partial charge < -0.3 is 15.0 Å². The zero-order valence-corrected chi connectivity index (χ0v) is 16.1. The maximum absolute atomic E-state index is 12.8. The fraction of sp³-hybridized carbons (Fsp3) is 0.263. The van der Waals surface area contributed by atoms with Crippen LogP contribution in [0.25, 0.3) is 0 Å². The molecule has 0 aliphatic carbocycles. The first kappa shape index (κ1) is 20.1. The number of esters is 1. The lowest BCUT2D eigenvalue weighted by Crippen LogP contribution is -2.45. The molecule has 0 fully saturated rings. The summed E-state index contributed by atoms with van der Waals surface area (Å²) in [6.07, 6.45) is 0. The first-order valence-electron chi connectivity index (χ1n) is 8.15. The van der Waals surface area contributed by atoms with Gasteiger partial charge in [0.15, 0.2) is 0 Å². The van der Waals surface area contributed by atoms with E-state index >= 15 is 0 Å². The zero-order valence-electron chi connectivity index (χ0n) is 14.5. The Bertz CT molecular complexity index is 769. The first-order valence-corrected chi connectivity index (χ1v) is 8.91. The minimum Gasteiger partial charge on any atom is -0.464 e. The van der Waals surface area contributed by atoms with E-state index in [1.807, 2.05) is 30.3 Å². The molecule has 0 aliphatic rings. The molecule has 2 aromatic carbocycles. The third-order valence-corrected chi connectivity index (χ3v) is 4.46. The molecule has 0 aliphatic heterocycles. The number of anilines is 1. The van der Waals surface area contributed by atoms with Crippen LogP contribution in [0, 0.1) is 0 Å². The fourth-order valence-corrected chi connectivity index (χ4v) is 2.62. The molecule has 5 nitrogen and oxygen atoms in total. The van der Waals surface area contributed by atoms with E-state index in [-0.39, 0.29) is 13.2 Å². The molecule has 0 bridgehead atoms. The van der Waals surface area contributed by atoms with E-state index in [9.17, 15) is 9.59 Å². The van der Waals surface area contributed by atoms with Gasteiger partial charge in [-0.3, -0.25) is 0 Å². The summed E-state index contributed by atoms with van der Waals surface area (Å²) in [5, 5.41) is 3.47. The number of carbonyl (C=O) groups excluding carboxylic acids is 2. The van der Waals surface area contributed by atoms with Gasteiger partial charge in [-0.05, 0) is 37.6 Å². The van der Waals surface area contributed by atoms with Crippen LogP contribution in [0.2, 0.25) is 10.0 Å². The highest BCUT2D eigenvalue weighted by molar-refractivity contribution is 6.42. The van der Waals surface area contributed by atoms with E-state index in [1.54, 1.807) is 32.0 Å². The van der Waals surface area contributed by atoms with Crippen LogP contribution >= 0.6 is 23.2 Å². The molecule has 138 valence electrons. The van der Waals surface area contributed by atoms with Crippen molar-refractivity contribution >= 4 is 40.9 Å². The number of ether oxygens (including phenoxy) is 1. The van der Waals surface area contributed by atoms with Gasteiger partial charge in [0.2, 0.25) is 0 Å². The predicted molar refractivity (Wildman–Crippen MR) is 104 cm³/mol. The normalized spacial score (nSPS) is 11.5. The van der Waals surface area contributed by atoms with Crippen molar-refractivity contribution in [2.75, 3.05) is 11.9 Å². The van der Waals surface area contributed by atoms with Gasteiger partial charge >= 0.3 is 12.0 Å². The summed E-state index contributed by atoms with van der Waals surface area (Å²) in [6, 6.07) is 13.0. The molecule has 2 rings (SSSR count). The number of hydrogen-bond acceptors (Lipinski definition) is 3. The van der Waals surface area contributed by atoms with Crippen LogP contribution in [0.4, 0.5) is 10.5 Å². The molecule has 1 N–H and O–H groups in total. The number of benzene rings is 2. The van der Waals surface area contributed by atoms with Crippen LogP contribution in [0.5, 0.6) is 0 Å². The minimum absolute atomic E-state index is 0.247. The average molecular weight is 395 g/mol. The second kappa shape index (κ2) is 9.46. The minimum atomic E-state index is -0.752. The molecule has 0 spiro atoms. The molecule has 0 saturated heterocycles.